The van der Waals surface area contributed by atoms with Crippen LogP contribution in [0.2, 0.25) is 0 Å². The van der Waals surface area contributed by atoms with Crippen molar-refractivity contribution < 1.29 is 9.90 Å². The maximum absolute atomic E-state index is 12.5. The molecule has 20 heavy (non-hydrogen) atoms. The molecule has 0 saturated carbocycles. The van der Waals surface area contributed by atoms with Crippen molar-refractivity contribution in [1.29, 1.82) is 0 Å². The van der Waals surface area contributed by atoms with E-state index in [1.54, 1.807) is 17.8 Å². The summed E-state index contributed by atoms with van der Waals surface area (Å²) in [7, 11) is 1.79. The van der Waals surface area contributed by atoms with Crippen molar-refractivity contribution in [1.82, 2.24) is 14.3 Å². The maximum Gasteiger partial charge on any atom is 0.328 e. The first-order chi connectivity index (χ1) is 9.52. The molecule has 3 rings (SSSR count). The fraction of sp³-hybridized carbons (Fsp3) is 0.214. The Hall–Kier alpha value is -2.63. The number of carboxylic acid groups (broad SMARTS) is 1. The van der Waals surface area contributed by atoms with Crippen LogP contribution in [0, 0.1) is 0 Å². The van der Waals surface area contributed by atoms with E-state index in [0.717, 1.165) is 21.0 Å². The topological polar surface area (TPSA) is 77.1 Å². The Kier molecular flexibility index (Phi) is 2.60. The molecule has 0 bridgehead atoms. The minimum absolute atomic E-state index is 0.392. The predicted molar refractivity (Wildman–Crippen MR) is 74.8 cm³/mol. The summed E-state index contributed by atoms with van der Waals surface area (Å²) >= 11 is 0. The number of fused-ring (bicyclic) bond motifs is 3. The van der Waals surface area contributed by atoms with Crippen LogP contribution in [0.5, 0.6) is 0 Å². The van der Waals surface area contributed by atoms with E-state index < -0.39 is 17.6 Å². The number of benzene rings is 1. The van der Waals surface area contributed by atoms with Crippen LogP contribution in [0.1, 0.15) is 13.0 Å². The van der Waals surface area contributed by atoms with E-state index in [9.17, 15) is 9.59 Å². The SMILES string of the molecule is CC(C(=O)O)n1ncc2c3ccccc3n(C)c2c1=O. The predicted octanol–water partition coefficient (Wildman–Crippen LogP) is 1.53. The molecular weight excluding hydrogens is 258 g/mol. The number of para-hydroxylation sites is 1. The van der Waals surface area contributed by atoms with Crippen molar-refractivity contribution in [3.8, 4) is 0 Å². The first kappa shape index (κ1) is 12.4. The van der Waals surface area contributed by atoms with Gasteiger partial charge in [-0.25, -0.2) is 9.48 Å². The fourth-order valence-corrected chi connectivity index (χ4v) is 2.47. The van der Waals surface area contributed by atoms with Gasteiger partial charge in [0.25, 0.3) is 5.56 Å². The molecule has 2 heterocycles. The Bertz CT molecular complexity index is 892. The van der Waals surface area contributed by atoms with Crippen LogP contribution < -0.4 is 5.56 Å². The molecule has 3 aromatic rings. The summed E-state index contributed by atoms with van der Waals surface area (Å²) in [5.74, 6) is -1.09. The summed E-state index contributed by atoms with van der Waals surface area (Å²) in [6.07, 6.45) is 1.55. The van der Waals surface area contributed by atoms with Crippen LogP contribution in [0.25, 0.3) is 21.8 Å². The van der Waals surface area contributed by atoms with E-state index in [2.05, 4.69) is 5.10 Å². The van der Waals surface area contributed by atoms with Crippen molar-refractivity contribution in [3.63, 3.8) is 0 Å². The lowest BCUT2D eigenvalue weighted by Gasteiger charge is -2.09. The number of aliphatic carboxylic acids is 1. The number of nitrogens with zero attached hydrogens (tertiary/aromatic N) is 3. The van der Waals surface area contributed by atoms with Crippen molar-refractivity contribution in [3.05, 3.63) is 40.8 Å². The average Bonchev–Trinajstić information content (AvgIpc) is 2.73. The van der Waals surface area contributed by atoms with Crippen LogP contribution in [-0.2, 0) is 11.8 Å². The van der Waals surface area contributed by atoms with E-state index in [1.165, 1.54) is 6.92 Å². The molecule has 0 fully saturated rings. The smallest absolute Gasteiger partial charge is 0.328 e. The number of hydrogen-bond donors (Lipinski definition) is 1. The molecule has 6 heteroatoms. The minimum atomic E-state index is -1.09. The molecule has 0 aliphatic carbocycles. The van der Waals surface area contributed by atoms with Crippen molar-refractivity contribution in [2.75, 3.05) is 0 Å². The molecule has 0 saturated heterocycles. The van der Waals surface area contributed by atoms with Crippen LogP contribution in [-0.4, -0.2) is 25.4 Å². The van der Waals surface area contributed by atoms with Gasteiger partial charge < -0.3 is 9.67 Å². The first-order valence-electron chi connectivity index (χ1n) is 6.20. The van der Waals surface area contributed by atoms with E-state index >= 15 is 0 Å². The zero-order valence-corrected chi connectivity index (χ0v) is 11.1. The molecule has 0 amide bonds. The third-order valence-corrected chi connectivity index (χ3v) is 3.59. The van der Waals surface area contributed by atoms with Gasteiger partial charge in [0.05, 0.1) is 6.20 Å². The molecule has 1 unspecified atom stereocenters. The Morgan fingerprint density at radius 2 is 2.00 bits per heavy atom. The molecule has 0 aliphatic rings. The number of carboxylic acids is 1. The summed E-state index contributed by atoms with van der Waals surface area (Å²) in [6.45, 7) is 1.44. The summed E-state index contributed by atoms with van der Waals surface area (Å²) in [5, 5.41) is 14.7. The monoisotopic (exact) mass is 271 g/mol. The molecule has 0 spiro atoms. The Balaban J connectivity index is 2.45. The van der Waals surface area contributed by atoms with Gasteiger partial charge in [0.2, 0.25) is 0 Å². The Labute approximate surface area is 113 Å². The molecule has 1 aromatic carbocycles. The van der Waals surface area contributed by atoms with E-state index in [-0.39, 0.29) is 0 Å². The van der Waals surface area contributed by atoms with Gasteiger partial charge in [0.1, 0.15) is 5.52 Å². The van der Waals surface area contributed by atoms with Crippen molar-refractivity contribution >= 4 is 27.8 Å². The van der Waals surface area contributed by atoms with Crippen LogP contribution in [0.3, 0.4) is 0 Å². The molecule has 0 aliphatic heterocycles. The summed E-state index contributed by atoms with van der Waals surface area (Å²) in [5.41, 5.74) is 0.993. The van der Waals surface area contributed by atoms with Gasteiger partial charge in [0.15, 0.2) is 6.04 Å². The van der Waals surface area contributed by atoms with E-state index in [4.69, 9.17) is 5.11 Å². The van der Waals surface area contributed by atoms with Crippen LogP contribution in [0.4, 0.5) is 0 Å². The molecule has 102 valence electrons. The van der Waals surface area contributed by atoms with Crippen LogP contribution in [0.15, 0.2) is 35.3 Å². The summed E-state index contributed by atoms with van der Waals surface area (Å²) in [4.78, 5) is 23.5. The second-order valence-corrected chi connectivity index (χ2v) is 4.75. The molecular formula is C14H13N3O3. The van der Waals surface area contributed by atoms with Gasteiger partial charge in [-0.1, -0.05) is 18.2 Å². The number of aromatic nitrogens is 3. The summed E-state index contributed by atoms with van der Waals surface area (Å²) in [6, 6.07) is 6.63. The third-order valence-electron chi connectivity index (χ3n) is 3.59. The van der Waals surface area contributed by atoms with Gasteiger partial charge in [-0.2, -0.15) is 5.10 Å². The number of aryl methyl sites for hydroxylation is 1. The van der Waals surface area contributed by atoms with Crippen molar-refractivity contribution in [2.24, 2.45) is 7.05 Å². The zero-order valence-electron chi connectivity index (χ0n) is 11.1. The van der Waals surface area contributed by atoms with Gasteiger partial charge in [-0.3, -0.25) is 4.79 Å². The average molecular weight is 271 g/mol. The van der Waals surface area contributed by atoms with E-state index in [0.29, 0.717) is 5.52 Å². The fourth-order valence-electron chi connectivity index (χ4n) is 2.47. The lowest BCUT2D eigenvalue weighted by atomic mass is 10.2. The van der Waals surface area contributed by atoms with Gasteiger partial charge in [-0.15, -0.1) is 0 Å². The third kappa shape index (κ3) is 1.54. The Morgan fingerprint density at radius 1 is 1.30 bits per heavy atom. The number of rotatable bonds is 2. The maximum atomic E-state index is 12.5. The minimum Gasteiger partial charge on any atom is -0.480 e. The lowest BCUT2D eigenvalue weighted by Crippen LogP contribution is -2.30. The molecule has 0 radical (unpaired) electrons. The van der Waals surface area contributed by atoms with Gasteiger partial charge >= 0.3 is 5.97 Å². The normalized spacial score (nSPS) is 12.9. The quantitative estimate of drug-likeness (QED) is 0.766. The van der Waals surface area contributed by atoms with Crippen molar-refractivity contribution in [2.45, 2.75) is 13.0 Å². The number of hydrogen-bond acceptors (Lipinski definition) is 3. The lowest BCUT2D eigenvalue weighted by molar-refractivity contribution is -0.140. The Morgan fingerprint density at radius 3 is 2.70 bits per heavy atom. The van der Waals surface area contributed by atoms with Crippen LogP contribution >= 0.6 is 0 Å². The highest BCUT2D eigenvalue weighted by Crippen LogP contribution is 2.25. The second-order valence-electron chi connectivity index (χ2n) is 4.75. The van der Waals surface area contributed by atoms with Gasteiger partial charge in [0, 0.05) is 23.3 Å². The number of carbonyl (C=O) groups is 1. The molecule has 2 aromatic heterocycles. The van der Waals surface area contributed by atoms with Gasteiger partial charge in [-0.05, 0) is 13.0 Å². The molecule has 1 N–H and O–H groups in total. The highest BCUT2D eigenvalue weighted by molar-refractivity contribution is 6.07. The molecule has 6 nitrogen and oxygen atoms in total. The molecule has 1 atom stereocenters. The zero-order chi connectivity index (χ0) is 14.4. The largest absolute Gasteiger partial charge is 0.480 e. The standard InChI is InChI=1S/C14H13N3O3/c1-8(14(19)20)17-13(18)12-10(7-15-17)9-5-3-4-6-11(9)16(12)2/h3-8H,1-2H3,(H,19,20). The highest BCUT2D eigenvalue weighted by atomic mass is 16.4. The highest BCUT2D eigenvalue weighted by Gasteiger charge is 2.19. The second kappa shape index (κ2) is 4.19. The van der Waals surface area contributed by atoms with E-state index in [1.807, 2.05) is 24.3 Å². The first-order valence-corrected chi connectivity index (χ1v) is 6.20. The summed E-state index contributed by atoms with van der Waals surface area (Å²) < 4.78 is 2.78.